The third kappa shape index (κ3) is 3.75. The third-order valence-corrected chi connectivity index (χ3v) is 6.07. The first-order valence-electron chi connectivity index (χ1n) is 7.73. The number of carbonyl (C=O) groups is 1. The van der Waals surface area contributed by atoms with Crippen LogP contribution in [0.1, 0.15) is 27.3 Å². The minimum atomic E-state index is -3.98. The van der Waals surface area contributed by atoms with E-state index in [1.807, 2.05) is 6.92 Å². The van der Waals surface area contributed by atoms with Crippen LogP contribution in [0.3, 0.4) is 0 Å². The summed E-state index contributed by atoms with van der Waals surface area (Å²) in [6, 6.07) is 8.67. The van der Waals surface area contributed by atoms with Crippen LogP contribution < -0.4 is 10.5 Å². The Balaban J connectivity index is 1.94. The third-order valence-electron chi connectivity index (χ3n) is 3.92. The Labute approximate surface area is 158 Å². The number of aryl methyl sites for hydroxylation is 1. The summed E-state index contributed by atoms with van der Waals surface area (Å²) < 4.78 is 37.2. The van der Waals surface area contributed by atoms with E-state index < -0.39 is 22.6 Å². The Morgan fingerprint density at radius 1 is 1.30 bits per heavy atom. The highest BCUT2D eigenvalue weighted by atomic mass is 32.2. The Morgan fingerprint density at radius 2 is 2.00 bits per heavy atom. The van der Waals surface area contributed by atoms with Crippen LogP contribution in [0.4, 0.5) is 9.52 Å². The molecule has 0 unspecified atom stereocenters. The largest absolute Gasteiger partial charge is 0.317 e. The van der Waals surface area contributed by atoms with Crippen LogP contribution in [-0.2, 0) is 16.7 Å². The van der Waals surface area contributed by atoms with Crippen LogP contribution >= 0.6 is 11.3 Å². The average Bonchev–Trinajstić information content (AvgIpc) is 3.19. The number of nitrogens with two attached hydrogens (primary N) is 1. The maximum Gasteiger partial charge on any atom is 0.267 e. The molecule has 1 amide bonds. The number of alkyl halides is 1. The summed E-state index contributed by atoms with van der Waals surface area (Å²) in [5.74, 6) is -0.482. The number of amides is 1. The molecule has 0 aliphatic rings. The molecule has 0 saturated heterocycles. The highest BCUT2D eigenvalue weighted by Crippen LogP contribution is 2.25. The fourth-order valence-corrected chi connectivity index (χ4v) is 4.07. The molecule has 0 fully saturated rings. The van der Waals surface area contributed by atoms with Gasteiger partial charge in [0.25, 0.3) is 15.9 Å². The molecule has 3 rings (SSSR count). The van der Waals surface area contributed by atoms with E-state index >= 15 is 0 Å². The van der Waals surface area contributed by atoms with Crippen molar-refractivity contribution in [2.45, 2.75) is 24.9 Å². The number of hydrogen-bond acceptors (Lipinski definition) is 6. The quantitative estimate of drug-likeness (QED) is 0.627. The number of benzene rings is 1. The fraction of sp³-hybridized carbons (Fsp3) is 0.188. The van der Waals surface area contributed by atoms with E-state index in [1.54, 1.807) is 41.8 Å². The Bertz CT molecular complexity index is 1120. The smallest absolute Gasteiger partial charge is 0.267 e. The van der Waals surface area contributed by atoms with Gasteiger partial charge in [0.05, 0.1) is 11.3 Å². The Hall–Kier alpha value is -2.63. The number of carbonyl (C=O) groups excluding carboxylic acids is 1. The first-order chi connectivity index (χ1) is 12.7. The molecule has 0 saturated carbocycles. The molecule has 0 spiro atoms. The van der Waals surface area contributed by atoms with Gasteiger partial charge in [0.2, 0.25) is 9.47 Å². The first kappa shape index (κ1) is 19.1. The van der Waals surface area contributed by atoms with Crippen molar-refractivity contribution in [3.63, 3.8) is 0 Å². The fourth-order valence-electron chi connectivity index (χ4n) is 2.75. The van der Waals surface area contributed by atoms with Gasteiger partial charge in [-0.2, -0.15) is 0 Å². The van der Waals surface area contributed by atoms with Gasteiger partial charge in [0.15, 0.2) is 0 Å². The Morgan fingerprint density at radius 3 is 2.63 bits per heavy atom. The van der Waals surface area contributed by atoms with E-state index in [1.165, 1.54) is 0 Å². The lowest BCUT2D eigenvalue weighted by atomic mass is 10.2. The number of para-hydroxylation sites is 1. The number of anilines is 1. The van der Waals surface area contributed by atoms with Crippen molar-refractivity contribution < 1.29 is 17.6 Å². The minimum Gasteiger partial charge on any atom is -0.317 e. The summed E-state index contributed by atoms with van der Waals surface area (Å²) in [7, 11) is -3.98. The SMILES string of the molecule is Cc1cc(C(=O)Nc2nnc(S(N)(=O)=O)s2)c(C)n1-c1ccccc1CF. The van der Waals surface area contributed by atoms with E-state index in [0.29, 0.717) is 33.8 Å². The van der Waals surface area contributed by atoms with Gasteiger partial charge in [0.1, 0.15) is 6.67 Å². The lowest BCUT2D eigenvalue weighted by molar-refractivity contribution is 0.102. The lowest BCUT2D eigenvalue weighted by Crippen LogP contribution is -2.13. The normalized spacial score (nSPS) is 11.6. The summed E-state index contributed by atoms with van der Waals surface area (Å²) in [6.45, 7) is 2.92. The molecule has 8 nitrogen and oxygen atoms in total. The van der Waals surface area contributed by atoms with Gasteiger partial charge in [-0.05, 0) is 26.0 Å². The molecule has 27 heavy (non-hydrogen) atoms. The van der Waals surface area contributed by atoms with Crippen molar-refractivity contribution in [2.24, 2.45) is 5.14 Å². The molecule has 3 aromatic rings. The second-order valence-corrected chi connectivity index (χ2v) is 8.47. The zero-order valence-corrected chi connectivity index (χ0v) is 16.1. The van der Waals surface area contributed by atoms with E-state index in [2.05, 4.69) is 15.5 Å². The zero-order valence-electron chi connectivity index (χ0n) is 14.4. The molecule has 1 aromatic carbocycles. The van der Waals surface area contributed by atoms with Gasteiger partial charge in [-0.25, -0.2) is 17.9 Å². The van der Waals surface area contributed by atoms with Crippen molar-refractivity contribution in [1.82, 2.24) is 14.8 Å². The number of sulfonamides is 1. The molecule has 0 aliphatic heterocycles. The number of hydrogen-bond donors (Lipinski definition) is 2. The summed E-state index contributed by atoms with van der Waals surface area (Å²) in [6.07, 6.45) is 0. The number of aromatic nitrogens is 3. The highest BCUT2D eigenvalue weighted by Gasteiger charge is 2.21. The standard InChI is InChI=1S/C16H16FN5O3S2/c1-9-7-12(10(2)22(9)13-6-4-3-5-11(13)8-17)14(23)19-15-20-21-16(26-15)27(18,24)25/h3-7H,8H2,1-2H3,(H2,18,24,25)(H,19,20,23). The van der Waals surface area contributed by atoms with Crippen molar-refractivity contribution in [1.29, 1.82) is 0 Å². The van der Waals surface area contributed by atoms with Gasteiger partial charge in [-0.15, -0.1) is 10.2 Å². The minimum absolute atomic E-state index is 0.0120. The maximum absolute atomic E-state index is 13.3. The topological polar surface area (TPSA) is 120 Å². The van der Waals surface area contributed by atoms with Crippen molar-refractivity contribution in [3.05, 3.63) is 52.8 Å². The maximum atomic E-state index is 13.3. The van der Waals surface area contributed by atoms with Crippen LogP contribution in [0.15, 0.2) is 34.7 Å². The lowest BCUT2D eigenvalue weighted by Gasteiger charge is -2.13. The molecule has 142 valence electrons. The van der Waals surface area contributed by atoms with Gasteiger partial charge < -0.3 is 4.57 Å². The van der Waals surface area contributed by atoms with E-state index in [-0.39, 0.29) is 9.47 Å². The number of nitrogens with zero attached hydrogens (tertiary/aromatic N) is 3. The van der Waals surface area contributed by atoms with Gasteiger partial charge in [0, 0.05) is 17.0 Å². The molecule has 2 aromatic heterocycles. The van der Waals surface area contributed by atoms with Gasteiger partial charge in [-0.3, -0.25) is 10.1 Å². The Kier molecular flexibility index (Phi) is 5.09. The monoisotopic (exact) mass is 409 g/mol. The van der Waals surface area contributed by atoms with Crippen LogP contribution in [0, 0.1) is 13.8 Å². The van der Waals surface area contributed by atoms with Crippen molar-refractivity contribution in [2.75, 3.05) is 5.32 Å². The molecule has 11 heteroatoms. The summed E-state index contributed by atoms with van der Waals surface area (Å²) in [4.78, 5) is 12.6. The van der Waals surface area contributed by atoms with E-state index in [4.69, 9.17) is 5.14 Å². The van der Waals surface area contributed by atoms with E-state index in [0.717, 1.165) is 5.69 Å². The van der Waals surface area contributed by atoms with Gasteiger partial charge >= 0.3 is 0 Å². The molecule has 0 radical (unpaired) electrons. The molecule has 2 heterocycles. The predicted octanol–water partition coefficient (Wildman–Crippen LogP) is 2.31. The molecular formula is C16H16FN5O3S2. The summed E-state index contributed by atoms with van der Waals surface area (Å²) >= 11 is 0.659. The van der Waals surface area contributed by atoms with Crippen LogP contribution in [0.5, 0.6) is 0 Å². The number of primary sulfonamides is 1. The molecule has 0 bridgehead atoms. The molecule has 0 aliphatic carbocycles. The number of nitrogens with one attached hydrogen (secondary N) is 1. The molecule has 0 atom stereocenters. The van der Waals surface area contributed by atoms with Crippen LogP contribution in [-0.4, -0.2) is 29.1 Å². The summed E-state index contributed by atoms with van der Waals surface area (Å²) in [5.41, 5.74) is 2.88. The second kappa shape index (κ2) is 7.18. The van der Waals surface area contributed by atoms with E-state index in [9.17, 15) is 17.6 Å². The number of rotatable bonds is 5. The average molecular weight is 409 g/mol. The summed E-state index contributed by atoms with van der Waals surface area (Å²) in [5, 5.41) is 14.6. The van der Waals surface area contributed by atoms with Gasteiger partial charge in [-0.1, -0.05) is 29.5 Å². The zero-order chi connectivity index (χ0) is 19.8. The van der Waals surface area contributed by atoms with Crippen LogP contribution in [0.25, 0.3) is 5.69 Å². The highest BCUT2D eigenvalue weighted by molar-refractivity contribution is 7.91. The second-order valence-electron chi connectivity index (χ2n) is 5.75. The predicted molar refractivity (Wildman–Crippen MR) is 99.3 cm³/mol. The van der Waals surface area contributed by atoms with Crippen molar-refractivity contribution >= 4 is 32.4 Å². The molecular weight excluding hydrogens is 393 g/mol. The first-order valence-corrected chi connectivity index (χ1v) is 10.1. The molecule has 3 N–H and O–H groups in total. The number of halogens is 1. The van der Waals surface area contributed by atoms with Crippen LogP contribution in [0.2, 0.25) is 0 Å². The van der Waals surface area contributed by atoms with Crippen molar-refractivity contribution in [3.8, 4) is 5.69 Å².